The molecule has 0 spiro atoms. The molecule has 2 rings (SSSR count). The fourth-order valence-corrected chi connectivity index (χ4v) is 2.93. The van der Waals surface area contributed by atoms with Crippen LogP contribution >= 0.6 is 0 Å². The topological polar surface area (TPSA) is 23.5 Å². The molecule has 0 bridgehead atoms. The summed E-state index contributed by atoms with van der Waals surface area (Å²) >= 11 is 0. The lowest BCUT2D eigenvalue weighted by Gasteiger charge is -2.39. The zero-order valence-corrected chi connectivity index (χ0v) is 13.2. The summed E-state index contributed by atoms with van der Waals surface area (Å²) in [5.74, 6) is 0. The second-order valence-electron chi connectivity index (χ2n) is 6.72. The van der Waals surface area contributed by atoms with Crippen molar-refractivity contribution >= 4 is 0 Å². The smallest absolute Gasteiger partial charge is 0.0802 e. The Labute approximate surface area is 123 Å². The number of aliphatic hydroxyl groups is 1. The lowest BCUT2D eigenvalue weighted by molar-refractivity contribution is 0.0910. The molecule has 1 unspecified atom stereocenters. The molecule has 112 valence electrons. The fraction of sp³-hybridized carbons (Fsp3) is 0.667. The van der Waals surface area contributed by atoms with E-state index in [0.29, 0.717) is 5.41 Å². The first-order chi connectivity index (χ1) is 9.52. The van der Waals surface area contributed by atoms with Crippen LogP contribution in [0.5, 0.6) is 0 Å². The number of aryl methyl sites for hydroxylation is 1. The van der Waals surface area contributed by atoms with Crippen LogP contribution in [0.25, 0.3) is 0 Å². The average Bonchev–Trinajstić information content (AvgIpc) is 2.47. The molecule has 0 radical (unpaired) electrons. The molecule has 0 saturated carbocycles. The minimum atomic E-state index is -0.324. The van der Waals surface area contributed by atoms with E-state index in [1.165, 1.54) is 37.9 Å². The molecule has 1 atom stereocenters. The molecule has 0 aromatic heterocycles. The molecule has 2 nitrogen and oxygen atoms in total. The average molecular weight is 275 g/mol. The van der Waals surface area contributed by atoms with Gasteiger partial charge in [-0.2, -0.15) is 0 Å². The van der Waals surface area contributed by atoms with Gasteiger partial charge in [0.1, 0.15) is 0 Å². The normalized spacial score (nSPS) is 20.8. The fourth-order valence-electron chi connectivity index (χ4n) is 2.93. The third-order valence-corrected chi connectivity index (χ3v) is 5.10. The standard InChI is InChI=1S/C18H29NO/c1-4-18(3)10-13-19(14-11-18)12-9-17(20)16-7-5-15(2)6-8-16/h5-8,17,20H,4,9-14H2,1-3H3. The summed E-state index contributed by atoms with van der Waals surface area (Å²) in [6.07, 6.45) is 4.39. The van der Waals surface area contributed by atoms with E-state index in [0.717, 1.165) is 18.5 Å². The lowest BCUT2D eigenvalue weighted by atomic mass is 9.78. The Morgan fingerprint density at radius 1 is 1.20 bits per heavy atom. The molecule has 1 aliphatic rings. The number of hydrogen-bond donors (Lipinski definition) is 1. The first kappa shape index (κ1) is 15.5. The van der Waals surface area contributed by atoms with Crippen molar-refractivity contribution in [3.05, 3.63) is 35.4 Å². The van der Waals surface area contributed by atoms with E-state index in [2.05, 4.69) is 37.8 Å². The number of piperidine rings is 1. The Balaban J connectivity index is 1.77. The summed E-state index contributed by atoms with van der Waals surface area (Å²) in [6, 6.07) is 8.24. The molecular weight excluding hydrogens is 246 g/mol. The number of hydrogen-bond acceptors (Lipinski definition) is 2. The molecule has 1 aromatic carbocycles. The Morgan fingerprint density at radius 3 is 2.35 bits per heavy atom. The van der Waals surface area contributed by atoms with E-state index < -0.39 is 0 Å². The van der Waals surface area contributed by atoms with E-state index in [4.69, 9.17) is 0 Å². The van der Waals surface area contributed by atoms with Crippen LogP contribution in [0.2, 0.25) is 0 Å². The largest absolute Gasteiger partial charge is 0.388 e. The van der Waals surface area contributed by atoms with Crippen LogP contribution in [0.1, 0.15) is 56.8 Å². The van der Waals surface area contributed by atoms with Crippen LogP contribution in [0, 0.1) is 12.3 Å². The molecule has 0 amide bonds. The van der Waals surface area contributed by atoms with Gasteiger partial charge in [-0.1, -0.05) is 50.1 Å². The highest BCUT2D eigenvalue weighted by molar-refractivity contribution is 5.23. The highest BCUT2D eigenvalue weighted by atomic mass is 16.3. The SMILES string of the molecule is CCC1(C)CCN(CCC(O)c2ccc(C)cc2)CC1. The van der Waals surface area contributed by atoms with Gasteiger partial charge in [-0.25, -0.2) is 0 Å². The Morgan fingerprint density at radius 2 is 1.80 bits per heavy atom. The molecule has 0 aliphatic carbocycles. The maximum atomic E-state index is 10.3. The second kappa shape index (κ2) is 6.73. The molecule has 1 heterocycles. The molecule has 1 saturated heterocycles. The third kappa shape index (κ3) is 4.07. The van der Waals surface area contributed by atoms with Crippen LogP contribution in [0.3, 0.4) is 0 Å². The molecular formula is C18H29NO. The molecule has 1 fully saturated rings. The molecule has 1 N–H and O–H groups in total. The summed E-state index contributed by atoms with van der Waals surface area (Å²) in [4.78, 5) is 2.51. The van der Waals surface area contributed by atoms with Crippen molar-refractivity contribution in [2.24, 2.45) is 5.41 Å². The van der Waals surface area contributed by atoms with Crippen molar-refractivity contribution in [3.8, 4) is 0 Å². The van der Waals surface area contributed by atoms with Crippen molar-refractivity contribution in [3.63, 3.8) is 0 Å². The maximum Gasteiger partial charge on any atom is 0.0802 e. The Bertz CT molecular complexity index is 404. The van der Waals surface area contributed by atoms with Crippen LogP contribution in [-0.2, 0) is 0 Å². The van der Waals surface area contributed by atoms with E-state index in [1.807, 2.05) is 12.1 Å². The summed E-state index contributed by atoms with van der Waals surface area (Å²) < 4.78 is 0. The van der Waals surface area contributed by atoms with E-state index >= 15 is 0 Å². The van der Waals surface area contributed by atoms with Gasteiger partial charge in [0, 0.05) is 6.54 Å². The predicted molar refractivity (Wildman–Crippen MR) is 84.8 cm³/mol. The van der Waals surface area contributed by atoms with Gasteiger partial charge in [-0.15, -0.1) is 0 Å². The van der Waals surface area contributed by atoms with E-state index in [9.17, 15) is 5.11 Å². The van der Waals surface area contributed by atoms with Gasteiger partial charge in [0.2, 0.25) is 0 Å². The Hall–Kier alpha value is -0.860. The van der Waals surface area contributed by atoms with Crippen LogP contribution < -0.4 is 0 Å². The minimum Gasteiger partial charge on any atom is -0.388 e. The number of nitrogens with zero attached hydrogens (tertiary/aromatic N) is 1. The lowest BCUT2D eigenvalue weighted by Crippen LogP contribution is -2.39. The van der Waals surface area contributed by atoms with Crippen molar-refractivity contribution in [1.29, 1.82) is 0 Å². The second-order valence-corrected chi connectivity index (χ2v) is 6.72. The zero-order chi connectivity index (χ0) is 14.6. The number of likely N-dealkylation sites (tertiary alicyclic amines) is 1. The monoisotopic (exact) mass is 275 g/mol. The van der Waals surface area contributed by atoms with Gasteiger partial charge in [0.15, 0.2) is 0 Å². The van der Waals surface area contributed by atoms with Crippen molar-refractivity contribution in [1.82, 2.24) is 4.90 Å². The van der Waals surface area contributed by atoms with Crippen molar-refractivity contribution in [2.75, 3.05) is 19.6 Å². The molecule has 1 aromatic rings. The quantitative estimate of drug-likeness (QED) is 0.880. The highest BCUT2D eigenvalue weighted by Gasteiger charge is 2.28. The number of benzene rings is 1. The minimum absolute atomic E-state index is 0.324. The van der Waals surface area contributed by atoms with Gasteiger partial charge in [0.25, 0.3) is 0 Å². The highest BCUT2D eigenvalue weighted by Crippen LogP contribution is 2.34. The molecule has 2 heteroatoms. The summed E-state index contributed by atoms with van der Waals surface area (Å²) in [5, 5.41) is 10.3. The van der Waals surface area contributed by atoms with Gasteiger partial charge in [-0.05, 0) is 50.3 Å². The first-order valence-corrected chi connectivity index (χ1v) is 7.99. The molecule has 1 aliphatic heterocycles. The zero-order valence-electron chi connectivity index (χ0n) is 13.2. The summed E-state index contributed by atoms with van der Waals surface area (Å²) in [6.45, 7) is 10.2. The van der Waals surface area contributed by atoms with E-state index in [-0.39, 0.29) is 6.10 Å². The van der Waals surface area contributed by atoms with Gasteiger partial charge in [-0.3, -0.25) is 0 Å². The Kier molecular flexibility index (Phi) is 5.22. The van der Waals surface area contributed by atoms with Crippen molar-refractivity contribution < 1.29 is 5.11 Å². The van der Waals surface area contributed by atoms with Gasteiger partial charge < -0.3 is 10.0 Å². The first-order valence-electron chi connectivity index (χ1n) is 7.99. The maximum absolute atomic E-state index is 10.3. The number of rotatable bonds is 5. The third-order valence-electron chi connectivity index (χ3n) is 5.10. The predicted octanol–water partition coefficient (Wildman–Crippen LogP) is 3.93. The van der Waals surface area contributed by atoms with Gasteiger partial charge >= 0.3 is 0 Å². The van der Waals surface area contributed by atoms with Crippen molar-refractivity contribution in [2.45, 2.75) is 52.6 Å². The van der Waals surface area contributed by atoms with E-state index in [1.54, 1.807) is 0 Å². The number of aliphatic hydroxyl groups excluding tert-OH is 1. The van der Waals surface area contributed by atoms with Crippen LogP contribution in [0.15, 0.2) is 24.3 Å². The summed E-state index contributed by atoms with van der Waals surface area (Å²) in [5.41, 5.74) is 2.84. The van der Waals surface area contributed by atoms with Gasteiger partial charge in [0.05, 0.1) is 6.10 Å². The van der Waals surface area contributed by atoms with Crippen LogP contribution in [-0.4, -0.2) is 29.6 Å². The summed E-state index contributed by atoms with van der Waals surface area (Å²) in [7, 11) is 0. The molecule has 20 heavy (non-hydrogen) atoms. The van der Waals surface area contributed by atoms with Crippen LogP contribution in [0.4, 0.5) is 0 Å².